The molecule has 1 saturated heterocycles. The lowest BCUT2D eigenvalue weighted by Crippen LogP contribution is -2.45. The fraction of sp³-hybridized carbons (Fsp3) is 0.455. The molecule has 3 heterocycles. The monoisotopic (exact) mass is 414 g/mol. The van der Waals surface area contributed by atoms with Crippen molar-refractivity contribution in [3.8, 4) is 11.5 Å². The van der Waals surface area contributed by atoms with Crippen LogP contribution in [0.2, 0.25) is 0 Å². The van der Waals surface area contributed by atoms with Gasteiger partial charge in [-0.15, -0.1) is 11.3 Å². The molecule has 1 aromatic carbocycles. The summed E-state index contributed by atoms with van der Waals surface area (Å²) in [6.07, 6.45) is 2.54. The van der Waals surface area contributed by atoms with Crippen molar-refractivity contribution in [2.45, 2.75) is 51.8 Å². The molecule has 2 aliphatic rings. The Morgan fingerprint density at radius 3 is 3.00 bits per heavy atom. The van der Waals surface area contributed by atoms with Crippen LogP contribution in [0.25, 0.3) is 0 Å². The van der Waals surface area contributed by atoms with Crippen LogP contribution in [0.3, 0.4) is 0 Å². The van der Waals surface area contributed by atoms with Crippen LogP contribution in [0.15, 0.2) is 29.6 Å². The van der Waals surface area contributed by atoms with Gasteiger partial charge in [-0.05, 0) is 50.3 Å². The van der Waals surface area contributed by atoms with Crippen LogP contribution in [0.4, 0.5) is 0 Å². The number of nitrogens with one attached hydrogen (secondary N) is 1. The average molecular weight is 415 g/mol. The van der Waals surface area contributed by atoms with Gasteiger partial charge in [-0.1, -0.05) is 6.07 Å². The number of carbonyl (C=O) groups excluding carboxylic acids is 2. The molecule has 1 N–H and O–H groups in total. The predicted molar refractivity (Wildman–Crippen MR) is 112 cm³/mol. The molecule has 0 saturated carbocycles. The molecule has 154 valence electrons. The Bertz CT molecular complexity index is 896. The van der Waals surface area contributed by atoms with Crippen molar-refractivity contribution >= 4 is 23.2 Å². The summed E-state index contributed by atoms with van der Waals surface area (Å²) >= 11 is 1.41. The summed E-state index contributed by atoms with van der Waals surface area (Å²) in [5.74, 6) is 1.46. The lowest BCUT2D eigenvalue weighted by atomic mass is 10.1. The van der Waals surface area contributed by atoms with E-state index in [1.54, 1.807) is 11.0 Å². The zero-order valence-electron chi connectivity index (χ0n) is 16.8. The Morgan fingerprint density at radius 2 is 2.24 bits per heavy atom. The number of nitrogens with zero attached hydrogens (tertiary/aromatic N) is 1. The second-order valence-electron chi connectivity index (χ2n) is 7.48. The highest BCUT2D eigenvalue weighted by atomic mass is 32.1. The molecule has 7 heteroatoms. The Morgan fingerprint density at radius 1 is 1.38 bits per heavy atom. The van der Waals surface area contributed by atoms with E-state index in [0.717, 1.165) is 35.5 Å². The molecule has 4 rings (SSSR count). The number of thiophene rings is 1. The molecule has 6 nitrogen and oxygen atoms in total. The normalized spacial score (nSPS) is 20.3. The van der Waals surface area contributed by atoms with Gasteiger partial charge in [0.2, 0.25) is 5.91 Å². The summed E-state index contributed by atoms with van der Waals surface area (Å²) < 4.78 is 11.7. The van der Waals surface area contributed by atoms with Crippen molar-refractivity contribution in [2.75, 3.05) is 13.2 Å². The maximum atomic E-state index is 12.9. The van der Waals surface area contributed by atoms with Gasteiger partial charge in [0.15, 0.2) is 0 Å². The molecule has 2 aromatic rings. The van der Waals surface area contributed by atoms with Gasteiger partial charge in [-0.2, -0.15) is 0 Å². The van der Waals surface area contributed by atoms with Crippen molar-refractivity contribution < 1.29 is 19.1 Å². The maximum Gasteiger partial charge on any atom is 0.264 e. The molecule has 0 unspecified atom stereocenters. The number of ether oxygens (including phenoxy) is 2. The summed E-state index contributed by atoms with van der Waals surface area (Å²) in [4.78, 5) is 28.0. The summed E-state index contributed by atoms with van der Waals surface area (Å²) in [6, 6.07) is 7.22. The van der Waals surface area contributed by atoms with E-state index in [-0.39, 0.29) is 17.9 Å². The second-order valence-corrected chi connectivity index (χ2v) is 8.43. The van der Waals surface area contributed by atoms with E-state index in [4.69, 9.17) is 9.47 Å². The summed E-state index contributed by atoms with van der Waals surface area (Å²) in [5.41, 5.74) is 2.03. The summed E-state index contributed by atoms with van der Waals surface area (Å²) in [7, 11) is 0. The van der Waals surface area contributed by atoms with Crippen molar-refractivity contribution in [3.05, 3.63) is 45.6 Å². The number of hydrogen-bond acceptors (Lipinski definition) is 5. The van der Waals surface area contributed by atoms with Crippen LogP contribution in [-0.4, -0.2) is 42.0 Å². The molecule has 2 atom stereocenters. The van der Waals surface area contributed by atoms with E-state index in [1.807, 2.05) is 37.4 Å². The molecule has 29 heavy (non-hydrogen) atoms. The molecule has 1 aromatic heterocycles. The van der Waals surface area contributed by atoms with Gasteiger partial charge < -0.3 is 19.7 Å². The summed E-state index contributed by atoms with van der Waals surface area (Å²) in [5, 5.41) is 4.89. The first-order valence-corrected chi connectivity index (χ1v) is 11.0. The predicted octanol–water partition coefficient (Wildman–Crippen LogP) is 3.39. The highest BCUT2D eigenvalue weighted by molar-refractivity contribution is 7.12. The van der Waals surface area contributed by atoms with Crippen LogP contribution >= 0.6 is 11.3 Å². The van der Waals surface area contributed by atoms with Crippen LogP contribution in [0.5, 0.6) is 11.5 Å². The smallest absolute Gasteiger partial charge is 0.264 e. The van der Waals surface area contributed by atoms with Gasteiger partial charge in [0.25, 0.3) is 5.91 Å². The highest BCUT2D eigenvalue weighted by Gasteiger charge is 2.35. The first kappa shape index (κ1) is 19.8. The molecule has 2 aliphatic heterocycles. The quantitative estimate of drug-likeness (QED) is 0.787. The molecule has 2 amide bonds. The standard InChI is InChI=1S/C22H26N2O4S/c1-3-27-18-11-15-10-14(2)28-19(15)12-16(18)13-23-21(25)17-6-4-8-24(17)22(26)20-7-5-9-29-20/h5,7,9,11-12,14,17H,3-4,6,8,10,13H2,1-2H3,(H,23,25)/t14-,17-/m0/s1. The van der Waals surface area contributed by atoms with E-state index in [1.165, 1.54) is 11.3 Å². The van der Waals surface area contributed by atoms with E-state index in [9.17, 15) is 9.59 Å². The number of fused-ring (bicyclic) bond motifs is 1. The Labute approximate surface area is 174 Å². The van der Waals surface area contributed by atoms with E-state index in [2.05, 4.69) is 5.32 Å². The van der Waals surface area contributed by atoms with Crippen LogP contribution < -0.4 is 14.8 Å². The molecule has 0 aliphatic carbocycles. The van der Waals surface area contributed by atoms with Gasteiger partial charge in [0.1, 0.15) is 23.6 Å². The lowest BCUT2D eigenvalue weighted by molar-refractivity contribution is -0.125. The van der Waals surface area contributed by atoms with Crippen molar-refractivity contribution in [1.82, 2.24) is 10.2 Å². The number of amides is 2. The number of rotatable bonds is 6. The van der Waals surface area contributed by atoms with E-state index in [0.29, 0.717) is 31.0 Å². The van der Waals surface area contributed by atoms with Crippen LogP contribution in [0.1, 0.15) is 47.5 Å². The van der Waals surface area contributed by atoms with Crippen LogP contribution in [-0.2, 0) is 17.8 Å². The van der Waals surface area contributed by atoms with E-state index >= 15 is 0 Å². The number of benzene rings is 1. The fourth-order valence-electron chi connectivity index (χ4n) is 4.03. The minimum absolute atomic E-state index is 0.0624. The molecular weight excluding hydrogens is 388 g/mol. The SMILES string of the molecule is CCOc1cc2c(cc1CNC(=O)[C@@H]1CCCN1C(=O)c1cccs1)O[C@@H](C)C2. The van der Waals surface area contributed by atoms with Gasteiger partial charge in [0.05, 0.1) is 11.5 Å². The van der Waals surface area contributed by atoms with Crippen molar-refractivity contribution in [3.63, 3.8) is 0 Å². The largest absolute Gasteiger partial charge is 0.494 e. The Hall–Kier alpha value is -2.54. The molecule has 0 radical (unpaired) electrons. The van der Waals surface area contributed by atoms with Gasteiger partial charge in [-0.3, -0.25) is 9.59 Å². The zero-order chi connectivity index (χ0) is 20.4. The average Bonchev–Trinajstić information content (AvgIpc) is 3.45. The molecule has 0 bridgehead atoms. The first-order chi connectivity index (χ1) is 14.1. The number of likely N-dealkylation sites (tertiary alicyclic amines) is 1. The van der Waals surface area contributed by atoms with Crippen molar-refractivity contribution in [2.24, 2.45) is 0 Å². The van der Waals surface area contributed by atoms with Gasteiger partial charge in [-0.25, -0.2) is 0 Å². The third-order valence-electron chi connectivity index (χ3n) is 5.38. The van der Waals surface area contributed by atoms with Crippen LogP contribution in [0, 0.1) is 0 Å². The third-order valence-corrected chi connectivity index (χ3v) is 6.24. The lowest BCUT2D eigenvalue weighted by Gasteiger charge is -2.23. The summed E-state index contributed by atoms with van der Waals surface area (Å²) in [6.45, 7) is 5.50. The molecule has 1 fully saturated rings. The second kappa shape index (κ2) is 8.45. The topological polar surface area (TPSA) is 67.9 Å². The number of hydrogen-bond donors (Lipinski definition) is 1. The minimum Gasteiger partial charge on any atom is -0.494 e. The Balaban J connectivity index is 1.45. The molecule has 0 spiro atoms. The highest BCUT2D eigenvalue weighted by Crippen LogP contribution is 2.35. The zero-order valence-corrected chi connectivity index (χ0v) is 17.6. The first-order valence-electron chi connectivity index (χ1n) is 10.1. The molecular formula is C22H26N2O4S. The fourth-order valence-corrected chi connectivity index (χ4v) is 4.71. The van der Waals surface area contributed by atoms with Gasteiger partial charge in [0, 0.05) is 30.6 Å². The third kappa shape index (κ3) is 4.10. The maximum absolute atomic E-state index is 12.9. The minimum atomic E-state index is -0.425. The van der Waals surface area contributed by atoms with E-state index < -0.39 is 6.04 Å². The number of carbonyl (C=O) groups is 2. The van der Waals surface area contributed by atoms with Gasteiger partial charge >= 0.3 is 0 Å². The Kier molecular flexibility index (Phi) is 5.76. The van der Waals surface area contributed by atoms with Crippen molar-refractivity contribution in [1.29, 1.82) is 0 Å².